The van der Waals surface area contributed by atoms with E-state index in [1.54, 1.807) is 31.4 Å². The van der Waals surface area contributed by atoms with Gasteiger partial charge in [0, 0.05) is 12.2 Å². The van der Waals surface area contributed by atoms with Crippen LogP contribution in [0.25, 0.3) is 11.4 Å². The van der Waals surface area contributed by atoms with Gasteiger partial charge in [-0.3, -0.25) is 4.79 Å². The fourth-order valence-corrected chi connectivity index (χ4v) is 3.72. The first-order chi connectivity index (χ1) is 14.1. The third-order valence-corrected chi connectivity index (χ3v) is 5.37. The van der Waals surface area contributed by atoms with Gasteiger partial charge in [-0.15, -0.1) is 10.2 Å². The molecule has 7 nitrogen and oxygen atoms in total. The third kappa shape index (κ3) is 4.58. The maximum absolute atomic E-state index is 12.6. The lowest BCUT2D eigenvalue weighted by atomic mass is 10.2. The largest absolute Gasteiger partial charge is 0.496 e. The Kier molecular flexibility index (Phi) is 6.52. The van der Waals surface area contributed by atoms with Crippen LogP contribution in [0.3, 0.4) is 0 Å². The number of carbonyl (C=O) groups is 1. The Morgan fingerprint density at radius 2 is 2.07 bits per heavy atom. The molecule has 148 valence electrons. The summed E-state index contributed by atoms with van der Waals surface area (Å²) in [5, 5.41) is 20.7. The van der Waals surface area contributed by atoms with E-state index in [1.165, 1.54) is 11.8 Å². The van der Waals surface area contributed by atoms with Crippen LogP contribution in [-0.4, -0.2) is 33.0 Å². The fourth-order valence-electron chi connectivity index (χ4n) is 2.81. The molecular formula is C21H21N5O2S. The molecule has 0 aliphatic rings. The second kappa shape index (κ2) is 9.26. The Balaban J connectivity index is 1.78. The number of benzene rings is 2. The van der Waals surface area contributed by atoms with Gasteiger partial charge >= 0.3 is 0 Å². The van der Waals surface area contributed by atoms with E-state index in [1.807, 2.05) is 42.7 Å². The van der Waals surface area contributed by atoms with Gasteiger partial charge in [0.05, 0.1) is 29.6 Å². The molecule has 0 radical (unpaired) electrons. The molecule has 1 heterocycles. The van der Waals surface area contributed by atoms with Gasteiger partial charge in [0.25, 0.3) is 0 Å². The monoisotopic (exact) mass is 407 g/mol. The molecule has 0 bridgehead atoms. The van der Waals surface area contributed by atoms with E-state index in [2.05, 4.69) is 21.6 Å². The molecule has 1 amide bonds. The molecule has 1 N–H and O–H groups in total. The second-order valence-corrected chi connectivity index (χ2v) is 7.50. The SMILES string of the molecule is CCn1c(S[C@H](C)C(=O)Nc2cccc(C#N)c2)nnc1-c1ccccc1OC. The molecule has 0 saturated carbocycles. The molecule has 0 saturated heterocycles. The number of amides is 1. The molecule has 3 aromatic rings. The lowest BCUT2D eigenvalue weighted by Crippen LogP contribution is -2.23. The molecule has 29 heavy (non-hydrogen) atoms. The van der Waals surface area contributed by atoms with Gasteiger partial charge in [0.1, 0.15) is 5.75 Å². The number of methoxy groups -OCH3 is 1. The van der Waals surface area contributed by atoms with Gasteiger partial charge in [-0.1, -0.05) is 30.0 Å². The van der Waals surface area contributed by atoms with Gasteiger partial charge in [-0.05, 0) is 44.2 Å². The van der Waals surface area contributed by atoms with Crippen molar-refractivity contribution in [2.24, 2.45) is 0 Å². The highest BCUT2D eigenvalue weighted by molar-refractivity contribution is 8.00. The van der Waals surface area contributed by atoms with Crippen molar-refractivity contribution in [3.63, 3.8) is 0 Å². The highest BCUT2D eigenvalue weighted by Crippen LogP contribution is 2.32. The van der Waals surface area contributed by atoms with Crippen molar-refractivity contribution >= 4 is 23.4 Å². The number of aromatic nitrogens is 3. The Bertz CT molecular complexity index is 1060. The minimum absolute atomic E-state index is 0.172. The predicted octanol–water partition coefficient (Wildman–Crippen LogP) is 3.96. The van der Waals surface area contributed by atoms with E-state index in [4.69, 9.17) is 10.00 Å². The van der Waals surface area contributed by atoms with Crippen molar-refractivity contribution in [2.75, 3.05) is 12.4 Å². The quantitative estimate of drug-likeness (QED) is 0.596. The lowest BCUT2D eigenvalue weighted by molar-refractivity contribution is -0.115. The summed E-state index contributed by atoms with van der Waals surface area (Å²) in [5.74, 6) is 1.24. The summed E-state index contributed by atoms with van der Waals surface area (Å²) < 4.78 is 7.40. The molecular weight excluding hydrogens is 386 g/mol. The average molecular weight is 407 g/mol. The number of hydrogen-bond donors (Lipinski definition) is 1. The summed E-state index contributed by atoms with van der Waals surface area (Å²) in [4.78, 5) is 12.6. The van der Waals surface area contributed by atoms with Crippen LogP contribution in [-0.2, 0) is 11.3 Å². The van der Waals surface area contributed by atoms with Crippen LogP contribution in [0.2, 0.25) is 0 Å². The summed E-state index contributed by atoms with van der Waals surface area (Å²) in [6.45, 7) is 4.47. The second-order valence-electron chi connectivity index (χ2n) is 6.19. The molecule has 0 fully saturated rings. The Labute approximate surface area is 173 Å². The zero-order valence-corrected chi connectivity index (χ0v) is 17.2. The van der Waals surface area contributed by atoms with Crippen LogP contribution in [0, 0.1) is 11.3 Å². The average Bonchev–Trinajstić information content (AvgIpc) is 3.15. The Morgan fingerprint density at radius 1 is 1.28 bits per heavy atom. The number of anilines is 1. The van der Waals surface area contributed by atoms with Crippen LogP contribution in [0.15, 0.2) is 53.7 Å². The van der Waals surface area contributed by atoms with Crippen molar-refractivity contribution in [3.05, 3.63) is 54.1 Å². The van der Waals surface area contributed by atoms with Crippen molar-refractivity contribution in [2.45, 2.75) is 30.8 Å². The minimum atomic E-state index is -0.402. The van der Waals surface area contributed by atoms with E-state index in [0.717, 1.165) is 5.56 Å². The number of nitrogens with zero attached hydrogens (tertiary/aromatic N) is 4. The predicted molar refractivity (Wildman–Crippen MR) is 113 cm³/mol. The number of nitrogens with one attached hydrogen (secondary N) is 1. The zero-order chi connectivity index (χ0) is 20.8. The van der Waals surface area contributed by atoms with Crippen molar-refractivity contribution < 1.29 is 9.53 Å². The third-order valence-electron chi connectivity index (χ3n) is 4.29. The Morgan fingerprint density at radius 3 is 2.79 bits per heavy atom. The van der Waals surface area contributed by atoms with Gasteiger partial charge in [-0.2, -0.15) is 5.26 Å². The molecule has 1 atom stereocenters. The summed E-state index contributed by atoms with van der Waals surface area (Å²) in [5.41, 5.74) is 1.94. The van der Waals surface area contributed by atoms with Crippen molar-refractivity contribution in [1.82, 2.24) is 14.8 Å². The van der Waals surface area contributed by atoms with Gasteiger partial charge in [-0.25, -0.2) is 0 Å². The Hall–Kier alpha value is -3.31. The summed E-state index contributed by atoms with van der Waals surface area (Å²) in [6.07, 6.45) is 0. The molecule has 1 aromatic heterocycles. The maximum Gasteiger partial charge on any atom is 0.237 e. The molecule has 3 rings (SSSR count). The minimum Gasteiger partial charge on any atom is -0.496 e. The molecule has 0 aliphatic heterocycles. The van der Waals surface area contributed by atoms with E-state index >= 15 is 0 Å². The van der Waals surface area contributed by atoms with E-state index in [0.29, 0.717) is 34.5 Å². The molecule has 8 heteroatoms. The number of rotatable bonds is 7. The van der Waals surface area contributed by atoms with E-state index in [-0.39, 0.29) is 5.91 Å². The van der Waals surface area contributed by atoms with Crippen molar-refractivity contribution in [1.29, 1.82) is 5.26 Å². The summed E-state index contributed by atoms with van der Waals surface area (Å²) in [6, 6.07) is 16.5. The molecule has 0 aliphatic carbocycles. The molecule has 2 aromatic carbocycles. The van der Waals surface area contributed by atoms with Crippen LogP contribution < -0.4 is 10.1 Å². The van der Waals surface area contributed by atoms with Gasteiger partial charge < -0.3 is 14.6 Å². The molecule has 0 unspecified atom stereocenters. The number of thioether (sulfide) groups is 1. The van der Waals surface area contributed by atoms with Crippen LogP contribution >= 0.6 is 11.8 Å². The first-order valence-electron chi connectivity index (χ1n) is 9.11. The summed E-state index contributed by atoms with van der Waals surface area (Å²) >= 11 is 1.33. The lowest BCUT2D eigenvalue weighted by Gasteiger charge is -2.13. The number of para-hydroxylation sites is 1. The normalized spacial score (nSPS) is 11.5. The highest BCUT2D eigenvalue weighted by Gasteiger charge is 2.21. The zero-order valence-electron chi connectivity index (χ0n) is 16.4. The fraction of sp³-hybridized carbons (Fsp3) is 0.238. The number of ether oxygens (including phenoxy) is 1. The maximum atomic E-state index is 12.6. The van der Waals surface area contributed by atoms with Gasteiger partial charge in [0.15, 0.2) is 11.0 Å². The number of nitriles is 1. The summed E-state index contributed by atoms with van der Waals surface area (Å²) in [7, 11) is 1.62. The first-order valence-corrected chi connectivity index (χ1v) is 9.99. The van der Waals surface area contributed by atoms with Crippen molar-refractivity contribution in [3.8, 4) is 23.2 Å². The number of hydrogen-bond acceptors (Lipinski definition) is 6. The van der Waals surface area contributed by atoms with Crippen LogP contribution in [0.1, 0.15) is 19.4 Å². The van der Waals surface area contributed by atoms with E-state index in [9.17, 15) is 4.79 Å². The van der Waals surface area contributed by atoms with E-state index < -0.39 is 5.25 Å². The highest BCUT2D eigenvalue weighted by atomic mass is 32.2. The standard InChI is InChI=1S/C21H21N5O2S/c1-4-26-19(17-10-5-6-11-18(17)28-3)24-25-21(26)29-14(2)20(27)23-16-9-7-8-15(12-16)13-22/h5-12,14H,4H2,1-3H3,(H,23,27)/t14-/m1/s1. The number of carbonyl (C=O) groups excluding carboxylic acids is 1. The van der Waals surface area contributed by atoms with Crippen LogP contribution in [0.4, 0.5) is 5.69 Å². The smallest absolute Gasteiger partial charge is 0.237 e. The van der Waals surface area contributed by atoms with Gasteiger partial charge in [0.2, 0.25) is 5.91 Å². The van der Waals surface area contributed by atoms with Crippen LogP contribution in [0.5, 0.6) is 5.75 Å². The topological polar surface area (TPSA) is 92.8 Å². The first kappa shape index (κ1) is 20.4. The molecule has 0 spiro atoms.